The van der Waals surface area contributed by atoms with Crippen LogP contribution in [0.25, 0.3) is 0 Å². The standard InChI is InChI=1S/C15H26O5/c1-5-19-13(17)10-8-7-9-11-15(4,12(3)16)14(18)20-6-2/h5-11H2,1-4H3. The molecule has 0 aliphatic carbocycles. The topological polar surface area (TPSA) is 69.7 Å². The molecule has 5 heteroatoms. The number of hydrogen-bond donors (Lipinski definition) is 0. The number of carbonyl (C=O) groups excluding carboxylic acids is 3. The molecular formula is C15H26O5. The zero-order chi connectivity index (χ0) is 15.6. The van der Waals surface area contributed by atoms with E-state index in [2.05, 4.69) is 0 Å². The molecule has 5 nitrogen and oxygen atoms in total. The fraction of sp³-hybridized carbons (Fsp3) is 0.800. The van der Waals surface area contributed by atoms with Crippen LogP contribution in [0.15, 0.2) is 0 Å². The summed E-state index contributed by atoms with van der Waals surface area (Å²) in [6.07, 6.45) is 3.01. The molecule has 0 heterocycles. The van der Waals surface area contributed by atoms with Crippen molar-refractivity contribution in [3.63, 3.8) is 0 Å². The van der Waals surface area contributed by atoms with Gasteiger partial charge in [0.15, 0.2) is 0 Å². The van der Waals surface area contributed by atoms with Crippen LogP contribution in [0.5, 0.6) is 0 Å². The van der Waals surface area contributed by atoms with Gasteiger partial charge in [-0.2, -0.15) is 0 Å². The van der Waals surface area contributed by atoms with Gasteiger partial charge >= 0.3 is 11.9 Å². The Morgan fingerprint density at radius 1 is 0.950 bits per heavy atom. The van der Waals surface area contributed by atoms with Gasteiger partial charge in [0, 0.05) is 6.42 Å². The predicted molar refractivity (Wildman–Crippen MR) is 75.1 cm³/mol. The van der Waals surface area contributed by atoms with E-state index in [1.54, 1.807) is 20.8 Å². The summed E-state index contributed by atoms with van der Waals surface area (Å²) < 4.78 is 9.79. The third-order valence-electron chi connectivity index (χ3n) is 3.37. The summed E-state index contributed by atoms with van der Waals surface area (Å²) >= 11 is 0. The van der Waals surface area contributed by atoms with E-state index in [0.717, 1.165) is 6.42 Å². The Hall–Kier alpha value is -1.39. The fourth-order valence-corrected chi connectivity index (χ4v) is 1.87. The van der Waals surface area contributed by atoms with Crippen molar-refractivity contribution in [3.05, 3.63) is 0 Å². The second-order valence-electron chi connectivity index (χ2n) is 4.97. The van der Waals surface area contributed by atoms with Crippen molar-refractivity contribution >= 4 is 17.7 Å². The average molecular weight is 286 g/mol. The molecular weight excluding hydrogens is 260 g/mol. The monoisotopic (exact) mass is 286 g/mol. The van der Waals surface area contributed by atoms with Crippen LogP contribution in [-0.2, 0) is 23.9 Å². The molecule has 0 rings (SSSR count). The molecule has 0 fully saturated rings. The van der Waals surface area contributed by atoms with Gasteiger partial charge in [-0.25, -0.2) is 0 Å². The summed E-state index contributed by atoms with van der Waals surface area (Å²) in [4.78, 5) is 34.7. The van der Waals surface area contributed by atoms with Crippen molar-refractivity contribution in [2.75, 3.05) is 13.2 Å². The molecule has 0 amide bonds. The molecule has 0 N–H and O–H groups in total. The average Bonchev–Trinajstić information content (AvgIpc) is 2.38. The summed E-state index contributed by atoms with van der Waals surface area (Å²) in [5.41, 5.74) is -1.07. The van der Waals surface area contributed by atoms with E-state index < -0.39 is 11.4 Å². The van der Waals surface area contributed by atoms with Gasteiger partial charge in [-0.3, -0.25) is 14.4 Å². The van der Waals surface area contributed by atoms with E-state index in [0.29, 0.717) is 32.3 Å². The zero-order valence-corrected chi connectivity index (χ0v) is 13.0. The van der Waals surface area contributed by atoms with E-state index in [1.807, 2.05) is 0 Å². The number of unbranched alkanes of at least 4 members (excludes halogenated alkanes) is 2. The van der Waals surface area contributed by atoms with Crippen molar-refractivity contribution in [3.8, 4) is 0 Å². The number of esters is 2. The van der Waals surface area contributed by atoms with Crippen molar-refractivity contribution < 1.29 is 23.9 Å². The van der Waals surface area contributed by atoms with Gasteiger partial charge in [0.25, 0.3) is 0 Å². The van der Waals surface area contributed by atoms with Crippen LogP contribution in [0, 0.1) is 5.41 Å². The minimum Gasteiger partial charge on any atom is -0.466 e. The SMILES string of the molecule is CCOC(=O)CCCCCC(C)(C(C)=O)C(=O)OCC. The fourth-order valence-electron chi connectivity index (χ4n) is 1.87. The van der Waals surface area contributed by atoms with E-state index in [4.69, 9.17) is 9.47 Å². The largest absolute Gasteiger partial charge is 0.466 e. The Balaban J connectivity index is 4.14. The molecule has 1 atom stereocenters. The van der Waals surface area contributed by atoms with Gasteiger partial charge in [-0.15, -0.1) is 0 Å². The molecule has 20 heavy (non-hydrogen) atoms. The second-order valence-corrected chi connectivity index (χ2v) is 4.97. The highest BCUT2D eigenvalue weighted by atomic mass is 16.5. The van der Waals surface area contributed by atoms with Crippen molar-refractivity contribution in [1.82, 2.24) is 0 Å². The Morgan fingerprint density at radius 3 is 2.05 bits per heavy atom. The number of ketones is 1. The van der Waals surface area contributed by atoms with Crippen LogP contribution in [0.1, 0.15) is 59.8 Å². The highest BCUT2D eigenvalue weighted by Gasteiger charge is 2.38. The maximum absolute atomic E-state index is 11.8. The minimum absolute atomic E-state index is 0.179. The quantitative estimate of drug-likeness (QED) is 0.351. The molecule has 0 aliphatic rings. The Bertz CT molecular complexity index is 337. The van der Waals surface area contributed by atoms with E-state index in [-0.39, 0.29) is 18.4 Å². The summed E-state index contributed by atoms with van der Waals surface area (Å²) in [5.74, 6) is -0.841. The zero-order valence-electron chi connectivity index (χ0n) is 13.0. The normalized spacial score (nSPS) is 13.4. The lowest BCUT2D eigenvalue weighted by Crippen LogP contribution is -2.36. The van der Waals surface area contributed by atoms with Crippen LogP contribution in [0.3, 0.4) is 0 Å². The highest BCUT2D eigenvalue weighted by molar-refractivity contribution is 6.02. The first-order chi connectivity index (χ1) is 9.38. The molecule has 116 valence electrons. The summed E-state index contributed by atoms with van der Waals surface area (Å²) in [6, 6.07) is 0. The number of carbonyl (C=O) groups is 3. The van der Waals surface area contributed by atoms with Crippen LogP contribution in [0.4, 0.5) is 0 Å². The lowest BCUT2D eigenvalue weighted by molar-refractivity contribution is -0.159. The Kier molecular flexibility index (Phi) is 8.84. The number of Topliss-reactive ketones (excluding diaryl/α,β-unsaturated/α-hetero) is 1. The molecule has 1 unspecified atom stereocenters. The van der Waals surface area contributed by atoms with E-state index >= 15 is 0 Å². The number of hydrogen-bond acceptors (Lipinski definition) is 5. The molecule has 0 aromatic rings. The van der Waals surface area contributed by atoms with Crippen molar-refractivity contribution in [2.45, 2.75) is 59.8 Å². The van der Waals surface area contributed by atoms with E-state index in [1.165, 1.54) is 6.92 Å². The first-order valence-electron chi connectivity index (χ1n) is 7.22. The molecule has 0 saturated carbocycles. The number of rotatable bonds is 10. The Morgan fingerprint density at radius 2 is 1.55 bits per heavy atom. The van der Waals surface area contributed by atoms with Crippen LogP contribution < -0.4 is 0 Å². The number of ether oxygens (including phenoxy) is 2. The third kappa shape index (κ3) is 6.17. The van der Waals surface area contributed by atoms with Crippen LogP contribution in [0.2, 0.25) is 0 Å². The molecule has 0 aromatic heterocycles. The van der Waals surface area contributed by atoms with Gasteiger partial charge < -0.3 is 9.47 Å². The third-order valence-corrected chi connectivity index (χ3v) is 3.37. The smallest absolute Gasteiger partial charge is 0.319 e. The second kappa shape index (κ2) is 9.50. The van der Waals surface area contributed by atoms with Gasteiger partial charge in [0.1, 0.15) is 11.2 Å². The lowest BCUT2D eigenvalue weighted by Gasteiger charge is -2.24. The van der Waals surface area contributed by atoms with Crippen molar-refractivity contribution in [2.24, 2.45) is 5.41 Å². The highest BCUT2D eigenvalue weighted by Crippen LogP contribution is 2.27. The summed E-state index contributed by atoms with van der Waals surface area (Å²) in [6.45, 7) is 7.19. The maximum Gasteiger partial charge on any atom is 0.319 e. The van der Waals surface area contributed by atoms with Crippen LogP contribution in [-0.4, -0.2) is 30.9 Å². The van der Waals surface area contributed by atoms with Gasteiger partial charge in [-0.05, 0) is 40.5 Å². The molecule has 0 aliphatic heterocycles. The van der Waals surface area contributed by atoms with Gasteiger partial charge in [-0.1, -0.05) is 12.8 Å². The maximum atomic E-state index is 11.8. The summed E-state index contributed by atoms with van der Waals surface area (Å²) in [5, 5.41) is 0. The van der Waals surface area contributed by atoms with Gasteiger partial charge in [0.05, 0.1) is 13.2 Å². The summed E-state index contributed by atoms with van der Waals surface area (Å²) in [7, 11) is 0. The predicted octanol–water partition coefficient (Wildman–Crippen LogP) is 2.66. The Labute approximate surface area is 121 Å². The molecule has 0 radical (unpaired) electrons. The van der Waals surface area contributed by atoms with E-state index in [9.17, 15) is 14.4 Å². The van der Waals surface area contributed by atoms with Crippen molar-refractivity contribution in [1.29, 1.82) is 0 Å². The first-order valence-corrected chi connectivity index (χ1v) is 7.22. The minimum atomic E-state index is -1.07. The molecule has 0 spiro atoms. The lowest BCUT2D eigenvalue weighted by atomic mass is 9.81. The first kappa shape index (κ1) is 18.6. The molecule has 0 saturated heterocycles. The van der Waals surface area contributed by atoms with Crippen LogP contribution >= 0.6 is 0 Å². The molecule has 0 aromatic carbocycles. The van der Waals surface area contributed by atoms with Gasteiger partial charge in [0.2, 0.25) is 0 Å². The molecule has 0 bridgehead atoms.